The predicted molar refractivity (Wildman–Crippen MR) is 60.6 cm³/mol. The Morgan fingerprint density at radius 1 is 1.71 bits per heavy atom. The molecule has 3 N–H and O–H groups in total. The second kappa shape index (κ2) is 5.78. The van der Waals surface area contributed by atoms with Crippen LogP contribution >= 0.6 is 0 Å². The maximum Gasteiger partial charge on any atom is 0.243 e. The summed E-state index contributed by atoms with van der Waals surface area (Å²) in [5.74, 6) is -0.570. The van der Waals surface area contributed by atoms with Crippen LogP contribution in [0.2, 0.25) is 0 Å². The molecule has 0 spiro atoms. The summed E-state index contributed by atoms with van der Waals surface area (Å²) >= 11 is 0. The third kappa shape index (κ3) is 3.13. The lowest BCUT2D eigenvalue weighted by molar-refractivity contribution is -0.124. The van der Waals surface area contributed by atoms with E-state index in [0.29, 0.717) is 12.2 Å². The number of amides is 1. The van der Waals surface area contributed by atoms with Gasteiger partial charge in [0.25, 0.3) is 0 Å². The number of carbonyl (C=O) groups is 1. The van der Waals surface area contributed by atoms with Gasteiger partial charge in [0, 0.05) is 30.4 Å². The van der Waals surface area contributed by atoms with Gasteiger partial charge >= 0.3 is 0 Å². The van der Waals surface area contributed by atoms with Crippen molar-refractivity contribution < 1.29 is 4.79 Å². The number of hydrogen-bond donors (Lipinski definition) is 2. The lowest BCUT2D eigenvalue weighted by Crippen LogP contribution is -2.51. The average molecular weight is 235 g/mol. The molecule has 17 heavy (non-hydrogen) atoms. The highest BCUT2D eigenvalue weighted by molar-refractivity contribution is 5.85. The molecule has 8 heteroatoms. The Labute approximate surface area is 97.9 Å². The van der Waals surface area contributed by atoms with Crippen molar-refractivity contribution in [2.24, 2.45) is 10.8 Å². The van der Waals surface area contributed by atoms with E-state index in [4.69, 9.17) is 11.3 Å². The molecule has 8 nitrogen and oxygen atoms in total. The molecular formula is C9H13N7O. The molecular weight excluding hydrogens is 222 g/mol. The first-order valence-electron chi connectivity index (χ1n) is 4.93. The smallest absolute Gasteiger partial charge is 0.243 e. The topological polar surface area (TPSA) is 130 Å². The lowest BCUT2D eigenvalue weighted by Gasteiger charge is -2.26. The fourth-order valence-corrected chi connectivity index (χ4v) is 1.26. The van der Waals surface area contributed by atoms with E-state index in [9.17, 15) is 4.79 Å². The fraction of sp³-hybridized carbons (Fsp3) is 0.444. The lowest BCUT2D eigenvalue weighted by atomic mass is 9.97. The number of carbonyl (C=O) groups excluding carboxylic acids is 1. The van der Waals surface area contributed by atoms with Crippen LogP contribution in [-0.4, -0.2) is 29.0 Å². The molecule has 1 heterocycles. The molecule has 1 unspecified atom stereocenters. The quantitative estimate of drug-likeness (QED) is 0.313. The normalized spacial score (nSPS) is 13.5. The van der Waals surface area contributed by atoms with Gasteiger partial charge in [0.2, 0.25) is 5.91 Å². The molecule has 1 aromatic rings. The molecule has 0 radical (unpaired) electrons. The first-order valence-corrected chi connectivity index (χ1v) is 4.93. The average Bonchev–Trinajstić information content (AvgIpc) is 2.35. The van der Waals surface area contributed by atoms with Crippen molar-refractivity contribution in [3.8, 4) is 0 Å². The van der Waals surface area contributed by atoms with E-state index in [-0.39, 0.29) is 6.54 Å². The zero-order chi connectivity index (χ0) is 12.7. The highest BCUT2D eigenvalue weighted by atomic mass is 16.1. The molecule has 0 aliphatic heterocycles. The van der Waals surface area contributed by atoms with Crippen molar-refractivity contribution in [1.29, 1.82) is 0 Å². The van der Waals surface area contributed by atoms with Gasteiger partial charge in [-0.15, -0.1) is 0 Å². The molecule has 1 amide bonds. The third-order valence-electron chi connectivity index (χ3n) is 2.32. The van der Waals surface area contributed by atoms with Crippen molar-refractivity contribution >= 4 is 5.91 Å². The van der Waals surface area contributed by atoms with Gasteiger partial charge in [-0.2, -0.15) is 0 Å². The maximum atomic E-state index is 11.5. The zero-order valence-corrected chi connectivity index (χ0v) is 9.37. The maximum absolute atomic E-state index is 11.5. The van der Waals surface area contributed by atoms with Crippen LogP contribution in [0.15, 0.2) is 23.7 Å². The van der Waals surface area contributed by atoms with Crippen molar-refractivity contribution in [2.45, 2.75) is 12.5 Å². The SMILES string of the molecule is CC(NCCN=[N+]=[N-])(C(N)=O)c1cnccn1. The van der Waals surface area contributed by atoms with E-state index in [1.807, 2.05) is 0 Å². The first kappa shape index (κ1) is 12.9. The van der Waals surface area contributed by atoms with Crippen molar-refractivity contribution in [2.75, 3.05) is 13.1 Å². The molecule has 0 fully saturated rings. The molecule has 1 atom stereocenters. The van der Waals surface area contributed by atoms with Crippen LogP contribution < -0.4 is 11.1 Å². The Morgan fingerprint density at radius 3 is 3.00 bits per heavy atom. The largest absolute Gasteiger partial charge is 0.368 e. The van der Waals surface area contributed by atoms with Gasteiger partial charge in [-0.05, 0) is 12.5 Å². The summed E-state index contributed by atoms with van der Waals surface area (Å²) in [4.78, 5) is 22.0. The van der Waals surface area contributed by atoms with E-state index < -0.39 is 11.4 Å². The van der Waals surface area contributed by atoms with E-state index in [0.717, 1.165) is 0 Å². The molecule has 1 aromatic heterocycles. The molecule has 0 aliphatic rings. The van der Waals surface area contributed by atoms with Crippen LogP contribution in [0.1, 0.15) is 12.6 Å². The van der Waals surface area contributed by atoms with Crippen LogP contribution in [-0.2, 0) is 10.3 Å². The Balaban J connectivity index is 2.83. The molecule has 90 valence electrons. The first-order chi connectivity index (χ1) is 8.11. The van der Waals surface area contributed by atoms with E-state index in [2.05, 4.69) is 25.3 Å². The molecule has 0 aliphatic carbocycles. The van der Waals surface area contributed by atoms with Gasteiger partial charge in [0.15, 0.2) is 0 Å². The number of nitrogens with zero attached hydrogens (tertiary/aromatic N) is 5. The van der Waals surface area contributed by atoms with Gasteiger partial charge in [-0.3, -0.25) is 20.1 Å². The van der Waals surface area contributed by atoms with E-state index in [1.54, 1.807) is 6.92 Å². The van der Waals surface area contributed by atoms with Crippen molar-refractivity contribution in [1.82, 2.24) is 15.3 Å². The number of aromatic nitrogens is 2. The summed E-state index contributed by atoms with van der Waals surface area (Å²) < 4.78 is 0. The molecule has 0 aromatic carbocycles. The number of nitrogens with two attached hydrogens (primary N) is 1. The van der Waals surface area contributed by atoms with Gasteiger partial charge in [0.05, 0.1) is 11.9 Å². The van der Waals surface area contributed by atoms with E-state index in [1.165, 1.54) is 18.6 Å². The summed E-state index contributed by atoms with van der Waals surface area (Å²) in [6.45, 7) is 2.15. The van der Waals surface area contributed by atoms with Crippen LogP contribution in [0.25, 0.3) is 10.4 Å². The summed E-state index contributed by atoms with van der Waals surface area (Å²) in [6.07, 6.45) is 4.45. The summed E-state index contributed by atoms with van der Waals surface area (Å²) in [6, 6.07) is 0. The van der Waals surface area contributed by atoms with Crippen LogP contribution in [0, 0.1) is 0 Å². The summed E-state index contributed by atoms with van der Waals surface area (Å²) in [5.41, 5.74) is 12.8. The zero-order valence-electron chi connectivity index (χ0n) is 9.37. The second-order valence-electron chi connectivity index (χ2n) is 3.46. The van der Waals surface area contributed by atoms with Crippen molar-refractivity contribution in [3.05, 3.63) is 34.7 Å². The standard InChI is InChI=1S/C9H13N7O/c1-9(8(10)17,14-4-5-15-16-11)7-6-12-2-3-13-7/h2-3,6,14H,4-5H2,1H3,(H2,10,17). The summed E-state index contributed by atoms with van der Waals surface area (Å²) in [7, 11) is 0. The molecule has 0 saturated carbocycles. The Hall–Kier alpha value is -2.18. The van der Waals surface area contributed by atoms with Gasteiger partial charge in [-0.1, -0.05) is 5.11 Å². The minimum atomic E-state index is -1.13. The second-order valence-corrected chi connectivity index (χ2v) is 3.46. The Morgan fingerprint density at radius 2 is 2.47 bits per heavy atom. The van der Waals surface area contributed by atoms with E-state index >= 15 is 0 Å². The molecule has 1 rings (SSSR count). The number of azide groups is 1. The van der Waals surface area contributed by atoms with Gasteiger partial charge < -0.3 is 5.73 Å². The number of primary amides is 1. The summed E-state index contributed by atoms with van der Waals surface area (Å²) in [5, 5.41) is 6.26. The van der Waals surface area contributed by atoms with Crippen LogP contribution in [0.5, 0.6) is 0 Å². The number of hydrogen-bond acceptors (Lipinski definition) is 5. The van der Waals surface area contributed by atoms with Gasteiger partial charge in [0.1, 0.15) is 5.54 Å². The van der Waals surface area contributed by atoms with Crippen LogP contribution in [0.3, 0.4) is 0 Å². The fourth-order valence-electron chi connectivity index (χ4n) is 1.26. The van der Waals surface area contributed by atoms with Gasteiger partial charge in [-0.25, -0.2) is 0 Å². The third-order valence-corrected chi connectivity index (χ3v) is 2.32. The Bertz CT molecular complexity index is 428. The predicted octanol–water partition coefficient (Wildman–Crippen LogP) is 0.0770. The molecule has 0 saturated heterocycles. The minimum Gasteiger partial charge on any atom is -0.368 e. The number of rotatable bonds is 6. The Kier molecular flexibility index (Phi) is 4.38. The highest BCUT2D eigenvalue weighted by Crippen LogP contribution is 2.16. The molecule has 0 bridgehead atoms. The number of nitrogens with one attached hydrogen (secondary N) is 1. The highest BCUT2D eigenvalue weighted by Gasteiger charge is 2.34. The van der Waals surface area contributed by atoms with Crippen molar-refractivity contribution in [3.63, 3.8) is 0 Å². The van der Waals surface area contributed by atoms with Crippen LogP contribution in [0.4, 0.5) is 0 Å². The monoisotopic (exact) mass is 235 g/mol. The minimum absolute atomic E-state index is 0.222.